The van der Waals surface area contributed by atoms with Crippen LogP contribution >= 0.6 is 0 Å². The summed E-state index contributed by atoms with van der Waals surface area (Å²) in [7, 11) is -3.91. The molecule has 1 atom stereocenters. The van der Waals surface area contributed by atoms with E-state index in [1.54, 1.807) is 26.0 Å². The maximum absolute atomic E-state index is 13.0. The minimum Gasteiger partial charge on any atom is -0.354 e. The Labute approximate surface area is 183 Å². The number of carbonyl (C=O) groups excluding carboxylic acids is 2. The third-order valence-electron chi connectivity index (χ3n) is 5.30. The molecule has 3 N–H and O–H groups in total. The van der Waals surface area contributed by atoms with Gasteiger partial charge in [0.2, 0.25) is 21.8 Å². The van der Waals surface area contributed by atoms with E-state index in [4.69, 9.17) is 0 Å². The zero-order chi connectivity index (χ0) is 22.4. The van der Waals surface area contributed by atoms with Crippen LogP contribution in [-0.4, -0.2) is 32.8 Å². The molecule has 1 aliphatic heterocycles. The first-order chi connectivity index (χ1) is 14.8. The first-order valence-corrected chi connectivity index (χ1v) is 12.0. The summed E-state index contributed by atoms with van der Waals surface area (Å²) in [6.45, 7) is 4.03. The summed E-state index contributed by atoms with van der Waals surface area (Å²) in [5, 5.41) is 5.63. The lowest BCUT2D eigenvalue weighted by Gasteiger charge is -2.22. The number of aryl methyl sites for hydroxylation is 1. The van der Waals surface area contributed by atoms with Crippen molar-refractivity contribution in [2.45, 2.75) is 50.5 Å². The van der Waals surface area contributed by atoms with Gasteiger partial charge in [0, 0.05) is 18.7 Å². The van der Waals surface area contributed by atoms with E-state index >= 15 is 0 Å². The van der Waals surface area contributed by atoms with Crippen LogP contribution in [0.1, 0.15) is 37.8 Å². The Hall–Kier alpha value is -2.71. The number of hydrogen-bond acceptors (Lipinski definition) is 4. The molecule has 0 unspecified atom stereocenters. The number of sulfonamides is 1. The second-order valence-electron chi connectivity index (χ2n) is 8.09. The Morgan fingerprint density at radius 2 is 1.84 bits per heavy atom. The molecule has 0 fully saturated rings. The Bertz CT molecular complexity index is 1040. The summed E-state index contributed by atoms with van der Waals surface area (Å²) >= 11 is 0. The van der Waals surface area contributed by atoms with E-state index in [1.165, 1.54) is 6.07 Å². The molecule has 0 aromatic heterocycles. The lowest BCUT2D eigenvalue weighted by Crippen LogP contribution is -2.49. The molecule has 3 rings (SSSR count). The second kappa shape index (κ2) is 10.1. The normalized spacial score (nSPS) is 15.0. The smallest absolute Gasteiger partial charge is 0.241 e. The second-order valence-corrected chi connectivity index (χ2v) is 9.80. The SMILES string of the molecule is CC(C)[C@@H](NS(=O)(=O)c1ccc2c(c1)CCCC(=O)N2)C(=O)NCCc1ccccc1. The summed E-state index contributed by atoms with van der Waals surface area (Å²) in [5.74, 6) is -0.650. The van der Waals surface area contributed by atoms with Crippen molar-refractivity contribution in [3.63, 3.8) is 0 Å². The van der Waals surface area contributed by atoms with E-state index in [0.717, 1.165) is 11.1 Å². The van der Waals surface area contributed by atoms with E-state index < -0.39 is 16.1 Å². The van der Waals surface area contributed by atoms with Gasteiger partial charge in [-0.15, -0.1) is 0 Å². The van der Waals surface area contributed by atoms with Gasteiger partial charge in [-0.25, -0.2) is 8.42 Å². The lowest BCUT2D eigenvalue weighted by atomic mass is 10.0. The van der Waals surface area contributed by atoms with Gasteiger partial charge in [-0.3, -0.25) is 9.59 Å². The van der Waals surface area contributed by atoms with Crippen LogP contribution < -0.4 is 15.4 Å². The number of benzene rings is 2. The quantitative estimate of drug-likeness (QED) is 0.583. The maximum Gasteiger partial charge on any atom is 0.241 e. The lowest BCUT2D eigenvalue weighted by molar-refractivity contribution is -0.123. The van der Waals surface area contributed by atoms with Crippen LogP contribution in [-0.2, 0) is 32.5 Å². The fraction of sp³-hybridized carbons (Fsp3) is 0.391. The molecule has 1 aliphatic rings. The molecule has 0 radical (unpaired) electrons. The molecule has 31 heavy (non-hydrogen) atoms. The zero-order valence-corrected chi connectivity index (χ0v) is 18.7. The molecule has 0 saturated carbocycles. The largest absolute Gasteiger partial charge is 0.354 e. The molecule has 7 nitrogen and oxygen atoms in total. The zero-order valence-electron chi connectivity index (χ0n) is 17.9. The van der Waals surface area contributed by atoms with Crippen molar-refractivity contribution in [3.8, 4) is 0 Å². The van der Waals surface area contributed by atoms with Gasteiger partial charge in [0.15, 0.2) is 0 Å². The summed E-state index contributed by atoms with van der Waals surface area (Å²) in [5.41, 5.74) is 2.52. The Morgan fingerprint density at radius 3 is 2.55 bits per heavy atom. The van der Waals surface area contributed by atoms with Gasteiger partial charge in [0.25, 0.3) is 0 Å². The summed E-state index contributed by atoms with van der Waals surface area (Å²) in [4.78, 5) is 24.5. The standard InChI is InChI=1S/C23H29N3O4S/c1-16(2)22(23(28)24-14-13-17-7-4-3-5-8-17)26-31(29,30)19-11-12-20-18(15-19)9-6-10-21(27)25-20/h3-5,7-8,11-12,15-16,22,26H,6,9-10,13-14H2,1-2H3,(H,24,28)(H,25,27)/t22-/m1/s1. The highest BCUT2D eigenvalue weighted by molar-refractivity contribution is 7.89. The van der Waals surface area contributed by atoms with Crippen LogP contribution in [0.5, 0.6) is 0 Å². The highest BCUT2D eigenvalue weighted by Crippen LogP contribution is 2.25. The van der Waals surface area contributed by atoms with Crippen LogP contribution in [0.15, 0.2) is 53.4 Å². The predicted molar refractivity (Wildman–Crippen MR) is 120 cm³/mol. The van der Waals surface area contributed by atoms with Crippen molar-refractivity contribution in [2.24, 2.45) is 5.92 Å². The molecule has 0 saturated heterocycles. The van der Waals surface area contributed by atoms with Crippen molar-refractivity contribution in [3.05, 3.63) is 59.7 Å². The van der Waals surface area contributed by atoms with E-state index in [1.807, 2.05) is 30.3 Å². The number of fused-ring (bicyclic) bond motifs is 1. The van der Waals surface area contributed by atoms with E-state index in [9.17, 15) is 18.0 Å². The number of carbonyl (C=O) groups is 2. The number of rotatable bonds is 8. The fourth-order valence-corrected chi connectivity index (χ4v) is 4.92. The third-order valence-corrected chi connectivity index (χ3v) is 6.74. The molecule has 0 aliphatic carbocycles. The van der Waals surface area contributed by atoms with Crippen LogP contribution in [0.25, 0.3) is 0 Å². The average Bonchev–Trinajstić information content (AvgIpc) is 2.92. The Balaban J connectivity index is 1.69. The van der Waals surface area contributed by atoms with Crippen molar-refractivity contribution < 1.29 is 18.0 Å². The van der Waals surface area contributed by atoms with Gasteiger partial charge in [-0.2, -0.15) is 4.72 Å². The number of hydrogen-bond donors (Lipinski definition) is 3. The molecule has 8 heteroatoms. The van der Waals surface area contributed by atoms with Crippen LogP contribution in [0, 0.1) is 5.92 Å². The average molecular weight is 444 g/mol. The number of nitrogens with one attached hydrogen (secondary N) is 3. The molecule has 2 aromatic carbocycles. The van der Waals surface area contributed by atoms with Gasteiger partial charge < -0.3 is 10.6 Å². The maximum atomic E-state index is 13.0. The van der Waals surface area contributed by atoms with E-state index in [0.29, 0.717) is 37.9 Å². The fourth-order valence-electron chi connectivity index (χ4n) is 3.53. The first kappa shape index (κ1) is 23.0. The molecule has 2 aromatic rings. The minimum absolute atomic E-state index is 0.0699. The molecule has 1 heterocycles. The van der Waals surface area contributed by atoms with Crippen LogP contribution in [0.2, 0.25) is 0 Å². The van der Waals surface area contributed by atoms with Crippen molar-refractivity contribution in [2.75, 3.05) is 11.9 Å². The topological polar surface area (TPSA) is 104 Å². The van der Waals surface area contributed by atoms with Crippen molar-refractivity contribution in [1.29, 1.82) is 0 Å². The Morgan fingerprint density at radius 1 is 1.10 bits per heavy atom. The Kier molecular flexibility index (Phi) is 7.46. The van der Waals surface area contributed by atoms with Gasteiger partial charge in [0.1, 0.15) is 6.04 Å². The molecular formula is C23H29N3O4S. The minimum atomic E-state index is -3.91. The highest BCUT2D eigenvalue weighted by atomic mass is 32.2. The van der Waals surface area contributed by atoms with Crippen LogP contribution in [0.4, 0.5) is 5.69 Å². The monoisotopic (exact) mass is 443 g/mol. The van der Waals surface area contributed by atoms with Crippen molar-refractivity contribution >= 4 is 27.5 Å². The van der Waals surface area contributed by atoms with Crippen LogP contribution in [0.3, 0.4) is 0 Å². The highest BCUT2D eigenvalue weighted by Gasteiger charge is 2.29. The molecule has 0 bridgehead atoms. The number of amides is 2. The van der Waals surface area contributed by atoms with Crippen molar-refractivity contribution in [1.82, 2.24) is 10.0 Å². The van der Waals surface area contributed by atoms with Gasteiger partial charge in [-0.1, -0.05) is 44.2 Å². The summed E-state index contributed by atoms with van der Waals surface area (Å²) in [6.07, 6.45) is 2.35. The first-order valence-electron chi connectivity index (χ1n) is 10.5. The number of anilines is 1. The third kappa shape index (κ3) is 6.15. The predicted octanol–water partition coefficient (Wildman–Crippen LogP) is 2.62. The summed E-state index contributed by atoms with van der Waals surface area (Å²) < 4.78 is 28.6. The van der Waals surface area contributed by atoms with E-state index in [2.05, 4.69) is 15.4 Å². The van der Waals surface area contributed by atoms with Gasteiger partial charge in [-0.05, 0) is 54.5 Å². The van der Waals surface area contributed by atoms with Gasteiger partial charge >= 0.3 is 0 Å². The molecule has 0 spiro atoms. The molecule has 2 amide bonds. The van der Waals surface area contributed by atoms with Gasteiger partial charge in [0.05, 0.1) is 4.90 Å². The molecule has 166 valence electrons. The molecular weight excluding hydrogens is 414 g/mol. The van der Waals surface area contributed by atoms with E-state index in [-0.39, 0.29) is 22.6 Å². The summed E-state index contributed by atoms with van der Waals surface area (Å²) in [6, 6.07) is 13.5.